The largest absolute Gasteiger partial charge is 0.460 e. The van der Waals surface area contributed by atoms with Crippen LogP contribution >= 0.6 is 11.8 Å². The van der Waals surface area contributed by atoms with E-state index in [4.69, 9.17) is 4.42 Å². The Kier molecular flexibility index (Phi) is 5.30. The van der Waals surface area contributed by atoms with Gasteiger partial charge >= 0.3 is 0 Å². The van der Waals surface area contributed by atoms with Crippen LogP contribution in [0.3, 0.4) is 0 Å². The maximum Gasteiger partial charge on any atom is 0.250 e. The molecule has 1 aromatic carbocycles. The molecule has 0 radical (unpaired) electrons. The van der Waals surface area contributed by atoms with Crippen molar-refractivity contribution in [1.29, 1.82) is 0 Å². The third-order valence-electron chi connectivity index (χ3n) is 3.34. The van der Waals surface area contributed by atoms with Crippen LogP contribution in [0.2, 0.25) is 0 Å². The van der Waals surface area contributed by atoms with Crippen molar-refractivity contribution in [2.75, 3.05) is 5.75 Å². The molecule has 3 rings (SSSR count). The van der Waals surface area contributed by atoms with E-state index in [2.05, 4.69) is 20.7 Å². The minimum absolute atomic E-state index is 0.190. The second kappa shape index (κ2) is 7.80. The Labute approximate surface area is 149 Å². The normalized spacial score (nSPS) is 11.1. The highest BCUT2D eigenvalue weighted by Crippen LogP contribution is 2.22. The minimum atomic E-state index is -0.228. The standard InChI is InChI=1S/C17H17N5O2S/c1-12-8-9-14(24-12)10-18-19-15(23)11-25-17-21-20-16(22(17)2)13-6-4-3-5-7-13/h3-10H,11H2,1-2H3,(H,19,23)/b18-10-. The zero-order valence-corrected chi connectivity index (χ0v) is 14.7. The number of furan rings is 1. The van der Waals surface area contributed by atoms with Crippen molar-refractivity contribution in [3.05, 3.63) is 54.0 Å². The SMILES string of the molecule is Cc1ccc(/C=N\NC(=O)CSc2nnc(-c3ccccc3)n2C)o1. The molecule has 0 atom stereocenters. The van der Waals surface area contributed by atoms with E-state index in [9.17, 15) is 4.79 Å². The molecule has 128 valence electrons. The lowest BCUT2D eigenvalue weighted by Gasteiger charge is -2.03. The molecular formula is C17H17N5O2S. The number of hydrogen-bond donors (Lipinski definition) is 1. The molecular weight excluding hydrogens is 338 g/mol. The van der Waals surface area contributed by atoms with Gasteiger partial charge in [0.05, 0.1) is 12.0 Å². The lowest BCUT2D eigenvalue weighted by Crippen LogP contribution is -2.19. The minimum Gasteiger partial charge on any atom is -0.460 e. The van der Waals surface area contributed by atoms with Gasteiger partial charge in [0.15, 0.2) is 11.0 Å². The highest BCUT2D eigenvalue weighted by molar-refractivity contribution is 7.99. The van der Waals surface area contributed by atoms with Crippen LogP contribution in [-0.2, 0) is 11.8 Å². The predicted octanol–water partition coefficient (Wildman–Crippen LogP) is 2.63. The summed E-state index contributed by atoms with van der Waals surface area (Å²) in [6.07, 6.45) is 1.46. The molecule has 0 bridgehead atoms. The fourth-order valence-electron chi connectivity index (χ4n) is 2.13. The number of nitrogens with one attached hydrogen (secondary N) is 1. The van der Waals surface area contributed by atoms with E-state index in [-0.39, 0.29) is 11.7 Å². The maximum atomic E-state index is 11.9. The molecule has 0 aliphatic rings. The molecule has 0 aliphatic heterocycles. The summed E-state index contributed by atoms with van der Waals surface area (Å²) in [5.74, 6) is 2.10. The first-order valence-electron chi connectivity index (χ1n) is 7.59. The van der Waals surface area contributed by atoms with Crippen LogP contribution in [0.1, 0.15) is 11.5 Å². The molecule has 1 N–H and O–H groups in total. The Morgan fingerprint density at radius 2 is 2.08 bits per heavy atom. The lowest BCUT2D eigenvalue weighted by atomic mass is 10.2. The topological polar surface area (TPSA) is 85.3 Å². The van der Waals surface area contributed by atoms with Gasteiger partial charge in [0.1, 0.15) is 11.5 Å². The van der Waals surface area contributed by atoms with Crippen molar-refractivity contribution in [2.24, 2.45) is 12.1 Å². The Morgan fingerprint density at radius 3 is 2.80 bits per heavy atom. The lowest BCUT2D eigenvalue weighted by molar-refractivity contribution is -0.118. The van der Waals surface area contributed by atoms with Crippen LogP contribution in [0.15, 0.2) is 57.1 Å². The summed E-state index contributed by atoms with van der Waals surface area (Å²) in [6, 6.07) is 13.4. The van der Waals surface area contributed by atoms with Crippen molar-refractivity contribution in [1.82, 2.24) is 20.2 Å². The number of carbonyl (C=O) groups is 1. The average molecular weight is 355 g/mol. The van der Waals surface area contributed by atoms with E-state index in [0.29, 0.717) is 10.9 Å². The second-order valence-electron chi connectivity index (χ2n) is 5.26. The summed E-state index contributed by atoms with van der Waals surface area (Å²) in [5.41, 5.74) is 3.44. The van der Waals surface area contributed by atoms with Crippen molar-refractivity contribution >= 4 is 23.9 Å². The molecule has 1 amide bonds. The number of nitrogens with zero attached hydrogens (tertiary/aromatic N) is 4. The van der Waals surface area contributed by atoms with Crippen molar-refractivity contribution in [2.45, 2.75) is 12.1 Å². The number of amides is 1. The van der Waals surface area contributed by atoms with Crippen molar-refractivity contribution < 1.29 is 9.21 Å². The Hall–Kier alpha value is -2.87. The maximum absolute atomic E-state index is 11.9. The fourth-order valence-corrected chi connectivity index (χ4v) is 2.84. The van der Waals surface area contributed by atoms with E-state index in [1.165, 1.54) is 18.0 Å². The van der Waals surface area contributed by atoms with E-state index in [1.807, 2.05) is 54.9 Å². The molecule has 25 heavy (non-hydrogen) atoms. The van der Waals surface area contributed by atoms with Gasteiger partial charge < -0.3 is 8.98 Å². The number of aryl methyl sites for hydroxylation is 1. The number of benzene rings is 1. The van der Waals surface area contributed by atoms with Crippen LogP contribution in [0.4, 0.5) is 0 Å². The Morgan fingerprint density at radius 1 is 1.28 bits per heavy atom. The first kappa shape index (κ1) is 17.0. The highest BCUT2D eigenvalue weighted by Gasteiger charge is 2.12. The van der Waals surface area contributed by atoms with E-state index in [1.54, 1.807) is 6.07 Å². The number of carbonyl (C=O) groups excluding carboxylic acids is 1. The summed E-state index contributed by atoms with van der Waals surface area (Å²) in [7, 11) is 1.87. The molecule has 0 saturated carbocycles. The van der Waals surface area contributed by atoms with Crippen LogP contribution < -0.4 is 5.43 Å². The number of aromatic nitrogens is 3. The smallest absolute Gasteiger partial charge is 0.250 e. The summed E-state index contributed by atoms with van der Waals surface area (Å²) >= 11 is 1.30. The molecule has 2 heterocycles. The summed E-state index contributed by atoms with van der Waals surface area (Å²) in [5, 5.41) is 12.9. The van der Waals surface area contributed by atoms with Gasteiger partial charge in [0.25, 0.3) is 5.91 Å². The van der Waals surface area contributed by atoms with Gasteiger partial charge in [-0.05, 0) is 19.1 Å². The van der Waals surface area contributed by atoms with E-state index in [0.717, 1.165) is 17.1 Å². The van der Waals surface area contributed by atoms with Gasteiger partial charge in [-0.3, -0.25) is 4.79 Å². The number of rotatable bonds is 6. The summed E-state index contributed by atoms with van der Waals surface area (Å²) < 4.78 is 7.19. The monoisotopic (exact) mass is 355 g/mol. The molecule has 2 aromatic heterocycles. The molecule has 0 unspecified atom stereocenters. The van der Waals surface area contributed by atoms with E-state index >= 15 is 0 Å². The van der Waals surface area contributed by atoms with Crippen LogP contribution in [0.25, 0.3) is 11.4 Å². The first-order chi connectivity index (χ1) is 12.1. The van der Waals surface area contributed by atoms with E-state index < -0.39 is 0 Å². The summed E-state index contributed by atoms with van der Waals surface area (Å²) in [4.78, 5) is 11.9. The molecule has 7 nitrogen and oxygen atoms in total. The van der Waals surface area contributed by atoms with Crippen molar-refractivity contribution in [3.63, 3.8) is 0 Å². The number of thioether (sulfide) groups is 1. The molecule has 0 fully saturated rings. The molecule has 0 aliphatic carbocycles. The van der Waals surface area contributed by atoms with Gasteiger partial charge in [-0.15, -0.1) is 10.2 Å². The highest BCUT2D eigenvalue weighted by atomic mass is 32.2. The third kappa shape index (κ3) is 4.36. The second-order valence-corrected chi connectivity index (χ2v) is 6.20. The molecule has 0 saturated heterocycles. The fraction of sp³-hybridized carbons (Fsp3) is 0.176. The van der Waals surface area contributed by atoms with Crippen LogP contribution in [0.5, 0.6) is 0 Å². The number of hydrazone groups is 1. The number of hydrogen-bond acceptors (Lipinski definition) is 6. The molecule has 8 heteroatoms. The first-order valence-corrected chi connectivity index (χ1v) is 8.58. The zero-order chi connectivity index (χ0) is 17.6. The predicted molar refractivity (Wildman–Crippen MR) is 96.3 cm³/mol. The van der Waals surface area contributed by atoms with Gasteiger partial charge in [0.2, 0.25) is 0 Å². The molecule has 0 spiro atoms. The van der Waals surface area contributed by atoms with Gasteiger partial charge in [0, 0.05) is 12.6 Å². The van der Waals surface area contributed by atoms with Crippen molar-refractivity contribution in [3.8, 4) is 11.4 Å². The van der Waals surface area contributed by atoms with Gasteiger partial charge in [-0.2, -0.15) is 5.10 Å². The van der Waals surface area contributed by atoms with Gasteiger partial charge in [-0.25, -0.2) is 5.43 Å². The average Bonchev–Trinajstić information content (AvgIpc) is 3.19. The van der Waals surface area contributed by atoms with Gasteiger partial charge in [-0.1, -0.05) is 42.1 Å². The van der Waals surface area contributed by atoms with Crippen LogP contribution in [-0.4, -0.2) is 32.6 Å². The van der Waals surface area contributed by atoms with Crippen LogP contribution in [0, 0.1) is 6.92 Å². The quantitative estimate of drug-likeness (QED) is 0.417. The summed E-state index contributed by atoms with van der Waals surface area (Å²) in [6.45, 7) is 1.84. The molecule has 3 aromatic rings. The third-order valence-corrected chi connectivity index (χ3v) is 4.36. The zero-order valence-electron chi connectivity index (χ0n) is 13.8. The Balaban J connectivity index is 1.54. The Bertz CT molecular complexity index is 886.